The van der Waals surface area contributed by atoms with Crippen molar-refractivity contribution in [1.29, 1.82) is 0 Å². The third kappa shape index (κ3) is 5.19. The maximum Gasteiger partial charge on any atom is 0.243 e. The van der Waals surface area contributed by atoms with Gasteiger partial charge in [-0.15, -0.1) is 12.4 Å². The molecule has 0 saturated carbocycles. The van der Waals surface area contributed by atoms with Gasteiger partial charge in [0.15, 0.2) is 0 Å². The normalized spacial score (nSPS) is 17.1. The zero-order chi connectivity index (χ0) is 19.3. The third-order valence-corrected chi connectivity index (χ3v) is 6.50. The molecule has 1 aliphatic heterocycles. The summed E-state index contributed by atoms with van der Waals surface area (Å²) in [5, 5.41) is 2.69. The molecule has 10 heteroatoms. The molecule has 1 fully saturated rings. The van der Waals surface area contributed by atoms with Crippen LogP contribution in [0.4, 0.5) is 5.69 Å². The number of hydrogen-bond donors (Lipinski definition) is 2. The quantitative estimate of drug-likeness (QED) is 0.640. The summed E-state index contributed by atoms with van der Waals surface area (Å²) in [6.07, 6.45) is 0.135. The van der Waals surface area contributed by atoms with Crippen LogP contribution in [0.2, 0.25) is 0 Å². The topological polar surface area (TPSA) is 113 Å². The van der Waals surface area contributed by atoms with Crippen molar-refractivity contribution in [1.82, 2.24) is 9.62 Å². The highest BCUT2D eigenvalue weighted by Gasteiger charge is 2.35. The van der Waals surface area contributed by atoms with Crippen molar-refractivity contribution in [3.05, 3.63) is 24.3 Å². The lowest BCUT2D eigenvalue weighted by Crippen LogP contribution is -2.35. The maximum atomic E-state index is 12.5. The molecule has 1 unspecified atom stereocenters. The number of sulfonamides is 1. The molecule has 152 valence electrons. The second kappa shape index (κ2) is 10.0. The molecule has 1 aromatic rings. The number of amides is 2. The van der Waals surface area contributed by atoms with Crippen LogP contribution in [0.1, 0.15) is 20.3 Å². The second-order valence-electron chi connectivity index (χ2n) is 6.07. The van der Waals surface area contributed by atoms with Crippen LogP contribution in [0.25, 0.3) is 0 Å². The summed E-state index contributed by atoms with van der Waals surface area (Å²) in [5.74, 6) is -0.766. The van der Waals surface area contributed by atoms with Crippen LogP contribution in [-0.4, -0.2) is 57.3 Å². The van der Waals surface area contributed by atoms with Crippen molar-refractivity contribution in [2.75, 3.05) is 37.6 Å². The van der Waals surface area contributed by atoms with Gasteiger partial charge < -0.3 is 16.0 Å². The van der Waals surface area contributed by atoms with Gasteiger partial charge in [0.2, 0.25) is 21.8 Å². The second-order valence-corrected chi connectivity index (χ2v) is 8.01. The molecule has 1 aliphatic rings. The lowest BCUT2D eigenvalue weighted by molar-refractivity contribution is -0.126. The maximum absolute atomic E-state index is 12.5. The van der Waals surface area contributed by atoms with Crippen LogP contribution in [0, 0.1) is 5.92 Å². The van der Waals surface area contributed by atoms with E-state index in [-0.39, 0.29) is 42.1 Å². The zero-order valence-electron chi connectivity index (χ0n) is 15.6. The Morgan fingerprint density at radius 1 is 1.26 bits per heavy atom. The standard InChI is InChI=1S/C17H26N4O4S.ClH/c1-3-20(4-2)26(24,25)15-7-5-14(6-8-15)21-12-13(11-16(21)22)17(23)19-10-9-18;/h5-8,13H,3-4,9-12,18H2,1-2H3,(H,19,23);1H. The van der Waals surface area contributed by atoms with E-state index >= 15 is 0 Å². The number of hydrogen-bond acceptors (Lipinski definition) is 5. The summed E-state index contributed by atoms with van der Waals surface area (Å²) >= 11 is 0. The third-order valence-electron chi connectivity index (χ3n) is 4.43. The summed E-state index contributed by atoms with van der Waals surface area (Å²) < 4.78 is 26.4. The molecule has 27 heavy (non-hydrogen) atoms. The monoisotopic (exact) mass is 418 g/mol. The van der Waals surface area contributed by atoms with Crippen molar-refractivity contribution >= 4 is 39.9 Å². The van der Waals surface area contributed by atoms with E-state index in [0.29, 0.717) is 31.9 Å². The average molecular weight is 419 g/mol. The molecule has 2 amide bonds. The first kappa shape index (κ1) is 23.4. The fraction of sp³-hybridized carbons (Fsp3) is 0.529. The van der Waals surface area contributed by atoms with Gasteiger partial charge in [-0.2, -0.15) is 4.31 Å². The van der Waals surface area contributed by atoms with Gasteiger partial charge >= 0.3 is 0 Å². The average Bonchev–Trinajstić information content (AvgIpc) is 3.02. The van der Waals surface area contributed by atoms with Crippen molar-refractivity contribution in [3.63, 3.8) is 0 Å². The van der Waals surface area contributed by atoms with E-state index in [4.69, 9.17) is 5.73 Å². The van der Waals surface area contributed by atoms with Gasteiger partial charge in [0.05, 0.1) is 10.8 Å². The predicted octanol–water partition coefficient (Wildman–Crippen LogP) is 0.567. The van der Waals surface area contributed by atoms with E-state index in [9.17, 15) is 18.0 Å². The number of nitrogens with zero attached hydrogens (tertiary/aromatic N) is 2. The van der Waals surface area contributed by atoms with Gasteiger partial charge in [-0.3, -0.25) is 9.59 Å². The summed E-state index contributed by atoms with van der Waals surface area (Å²) in [6.45, 7) is 5.36. The first-order valence-electron chi connectivity index (χ1n) is 8.73. The Labute approximate surface area is 166 Å². The Kier molecular flexibility index (Phi) is 8.67. The molecule has 1 saturated heterocycles. The number of benzene rings is 1. The van der Waals surface area contributed by atoms with Crippen molar-refractivity contribution in [3.8, 4) is 0 Å². The molecular weight excluding hydrogens is 392 g/mol. The van der Waals surface area contributed by atoms with Crippen LogP contribution in [-0.2, 0) is 19.6 Å². The van der Waals surface area contributed by atoms with E-state index in [0.717, 1.165) is 0 Å². The predicted molar refractivity (Wildman–Crippen MR) is 106 cm³/mol. The van der Waals surface area contributed by atoms with E-state index < -0.39 is 15.9 Å². The number of halogens is 1. The van der Waals surface area contributed by atoms with Crippen LogP contribution in [0.15, 0.2) is 29.2 Å². The summed E-state index contributed by atoms with van der Waals surface area (Å²) in [6, 6.07) is 6.21. The summed E-state index contributed by atoms with van der Waals surface area (Å²) in [5.41, 5.74) is 5.95. The Bertz CT molecular complexity index is 751. The molecule has 0 bridgehead atoms. The van der Waals surface area contributed by atoms with Gasteiger partial charge in [0.1, 0.15) is 0 Å². The smallest absolute Gasteiger partial charge is 0.243 e. The lowest BCUT2D eigenvalue weighted by Gasteiger charge is -2.20. The SMILES string of the molecule is CCN(CC)S(=O)(=O)c1ccc(N2CC(C(=O)NCCN)CC2=O)cc1.Cl. The first-order valence-corrected chi connectivity index (χ1v) is 10.2. The van der Waals surface area contributed by atoms with E-state index in [2.05, 4.69) is 5.32 Å². The number of nitrogens with two attached hydrogens (primary N) is 1. The molecule has 1 aromatic carbocycles. The number of rotatable bonds is 8. The van der Waals surface area contributed by atoms with Crippen molar-refractivity contribution in [2.24, 2.45) is 11.7 Å². The van der Waals surface area contributed by atoms with E-state index in [1.165, 1.54) is 21.3 Å². The summed E-state index contributed by atoms with van der Waals surface area (Å²) in [7, 11) is -3.54. The Hall–Kier alpha value is -1.68. The van der Waals surface area contributed by atoms with Gasteiger partial charge in [0, 0.05) is 44.8 Å². The van der Waals surface area contributed by atoms with Crippen LogP contribution >= 0.6 is 12.4 Å². The van der Waals surface area contributed by atoms with Gasteiger partial charge in [0.25, 0.3) is 0 Å². The van der Waals surface area contributed by atoms with Crippen molar-refractivity contribution in [2.45, 2.75) is 25.2 Å². The minimum absolute atomic E-state index is 0. The first-order chi connectivity index (χ1) is 12.3. The molecule has 2 rings (SSSR count). The van der Waals surface area contributed by atoms with E-state index in [1.807, 2.05) is 0 Å². The van der Waals surface area contributed by atoms with E-state index in [1.54, 1.807) is 26.0 Å². The number of anilines is 1. The van der Waals surface area contributed by atoms with Crippen LogP contribution in [0.5, 0.6) is 0 Å². The molecule has 0 aromatic heterocycles. The highest BCUT2D eigenvalue weighted by molar-refractivity contribution is 7.89. The highest BCUT2D eigenvalue weighted by Crippen LogP contribution is 2.27. The highest BCUT2D eigenvalue weighted by atomic mass is 35.5. The fourth-order valence-corrected chi connectivity index (χ4v) is 4.44. The molecule has 0 spiro atoms. The molecule has 3 N–H and O–H groups in total. The molecule has 1 atom stereocenters. The number of carbonyl (C=O) groups excluding carboxylic acids is 2. The van der Waals surface area contributed by atoms with Crippen LogP contribution < -0.4 is 16.0 Å². The lowest BCUT2D eigenvalue weighted by atomic mass is 10.1. The Morgan fingerprint density at radius 3 is 2.37 bits per heavy atom. The molecule has 0 radical (unpaired) electrons. The van der Waals surface area contributed by atoms with Crippen LogP contribution in [0.3, 0.4) is 0 Å². The van der Waals surface area contributed by atoms with Gasteiger partial charge in [-0.05, 0) is 24.3 Å². The minimum Gasteiger partial charge on any atom is -0.355 e. The Balaban J connectivity index is 0.00000364. The zero-order valence-corrected chi connectivity index (χ0v) is 17.2. The van der Waals surface area contributed by atoms with Gasteiger partial charge in [-0.1, -0.05) is 13.8 Å². The molecule has 0 aliphatic carbocycles. The Morgan fingerprint density at radius 2 is 1.85 bits per heavy atom. The number of carbonyl (C=O) groups is 2. The molecule has 1 heterocycles. The molecular formula is C17H27ClN4O4S. The fourth-order valence-electron chi connectivity index (χ4n) is 2.98. The summed E-state index contributed by atoms with van der Waals surface area (Å²) in [4.78, 5) is 26.0. The van der Waals surface area contributed by atoms with Crippen molar-refractivity contribution < 1.29 is 18.0 Å². The van der Waals surface area contributed by atoms with Gasteiger partial charge in [-0.25, -0.2) is 8.42 Å². The number of nitrogens with one attached hydrogen (secondary N) is 1. The molecule has 8 nitrogen and oxygen atoms in total. The largest absolute Gasteiger partial charge is 0.355 e. The minimum atomic E-state index is -3.54.